The zero-order chi connectivity index (χ0) is 38.5. The summed E-state index contributed by atoms with van der Waals surface area (Å²) in [6, 6.07) is 63.4. The molecule has 0 N–H and O–H groups in total. The highest BCUT2D eigenvalue weighted by Gasteiger charge is 2.48. The van der Waals surface area contributed by atoms with E-state index in [2.05, 4.69) is 153 Å². The van der Waals surface area contributed by atoms with Crippen molar-refractivity contribution in [3.63, 3.8) is 0 Å². The van der Waals surface area contributed by atoms with Gasteiger partial charge in [0.25, 0.3) is 6.71 Å². The normalized spacial score (nSPS) is 13.4. The highest BCUT2D eigenvalue weighted by atomic mass is 16.5. The Balaban J connectivity index is 1.17. The van der Waals surface area contributed by atoms with Crippen molar-refractivity contribution in [2.75, 3.05) is 14.7 Å². The van der Waals surface area contributed by atoms with Crippen LogP contribution in [0.25, 0.3) is 4.85 Å². The minimum Gasteiger partial charge on any atom is -0.458 e. The van der Waals surface area contributed by atoms with Crippen LogP contribution in [0.4, 0.5) is 56.9 Å². The molecule has 0 radical (unpaired) electrons. The fourth-order valence-electron chi connectivity index (χ4n) is 9.88. The van der Waals surface area contributed by atoms with Gasteiger partial charge in [-0.1, -0.05) is 103 Å². The van der Waals surface area contributed by atoms with Gasteiger partial charge in [0, 0.05) is 51.6 Å². The summed E-state index contributed by atoms with van der Waals surface area (Å²) in [5.74, 6) is 1.53. The molecule has 0 amide bonds. The van der Waals surface area contributed by atoms with E-state index in [4.69, 9.17) is 11.3 Å². The first-order valence-corrected chi connectivity index (χ1v) is 19.4. The lowest BCUT2D eigenvalue weighted by molar-refractivity contribution is 0.487. The summed E-state index contributed by atoms with van der Waals surface area (Å²) >= 11 is 0. The molecule has 0 saturated heterocycles. The van der Waals surface area contributed by atoms with Crippen molar-refractivity contribution in [1.82, 2.24) is 0 Å². The number of fused-ring (bicyclic) bond motifs is 8. The van der Waals surface area contributed by atoms with E-state index in [1.807, 2.05) is 48.5 Å². The molecule has 6 nitrogen and oxygen atoms in total. The van der Waals surface area contributed by atoms with Crippen molar-refractivity contribution < 1.29 is 4.74 Å². The van der Waals surface area contributed by atoms with Crippen molar-refractivity contribution in [2.45, 2.75) is 0 Å². The molecule has 4 heterocycles. The number of nitriles is 1. The summed E-state index contributed by atoms with van der Waals surface area (Å²) in [4.78, 5) is 11.0. The van der Waals surface area contributed by atoms with Crippen LogP contribution in [0, 0.1) is 17.9 Å². The second kappa shape index (κ2) is 12.3. The van der Waals surface area contributed by atoms with Gasteiger partial charge in [0.1, 0.15) is 17.6 Å². The van der Waals surface area contributed by atoms with Crippen LogP contribution in [0.15, 0.2) is 176 Å². The van der Waals surface area contributed by atoms with Crippen LogP contribution >= 0.6 is 0 Å². The molecule has 0 spiro atoms. The molecule has 0 bridgehead atoms. The minimum absolute atomic E-state index is 0.186. The van der Waals surface area contributed by atoms with E-state index in [1.165, 1.54) is 5.46 Å². The Morgan fingerprint density at radius 2 is 1.02 bits per heavy atom. The van der Waals surface area contributed by atoms with Gasteiger partial charge in [-0.05, 0) is 99.5 Å². The molecule has 0 atom stereocenters. The fourth-order valence-corrected chi connectivity index (χ4v) is 9.88. The third-order valence-electron chi connectivity index (χ3n) is 12.1. The van der Waals surface area contributed by atoms with Crippen LogP contribution in [-0.4, -0.2) is 13.4 Å². The van der Waals surface area contributed by atoms with Gasteiger partial charge in [0.05, 0.1) is 17.8 Å². The Kier molecular flexibility index (Phi) is 6.85. The summed E-state index contributed by atoms with van der Waals surface area (Å²) in [6.07, 6.45) is 0. The lowest BCUT2D eigenvalue weighted by atomic mass is 9.30. The Hall–Kier alpha value is -7.93. The Morgan fingerprint density at radius 1 is 0.466 bits per heavy atom. The number of para-hydroxylation sites is 5. The van der Waals surface area contributed by atoms with E-state index < -0.39 is 0 Å². The number of benzene rings is 8. The summed E-state index contributed by atoms with van der Waals surface area (Å²) in [5.41, 5.74) is 16.6. The first kappa shape index (κ1) is 32.3. The molecule has 0 aliphatic carbocycles. The standard InChI is InChI=1S/C50H29B2N5O/c1-54-40-26-27-43-47-50(40)57(35-19-9-4-10-20-35)42-24-14-11-21-36(42)51(47)38-29-39-46(30-44(38)55(43)33-15-5-2-6-16-33)58-45-28-25-32(31-53)49-48(45)52(39)37-22-12-13-23-41(37)56(49)34-17-7-3-8-18-34/h2-30H. The molecule has 0 aromatic heterocycles. The van der Waals surface area contributed by atoms with Crippen LogP contribution in [0.1, 0.15) is 5.56 Å². The number of hydrogen-bond donors (Lipinski definition) is 0. The van der Waals surface area contributed by atoms with Crippen LogP contribution in [0.2, 0.25) is 0 Å². The van der Waals surface area contributed by atoms with Crippen molar-refractivity contribution in [3.05, 3.63) is 193 Å². The van der Waals surface area contributed by atoms with Crippen LogP contribution in [-0.2, 0) is 0 Å². The molecule has 8 aromatic carbocycles. The summed E-state index contributed by atoms with van der Waals surface area (Å²) in [7, 11) is 0. The van der Waals surface area contributed by atoms with E-state index in [1.54, 1.807) is 0 Å². The van der Waals surface area contributed by atoms with Crippen molar-refractivity contribution in [2.24, 2.45) is 0 Å². The fraction of sp³-hybridized carbons (Fsp3) is 0. The lowest BCUT2D eigenvalue weighted by Crippen LogP contribution is -2.64. The third kappa shape index (κ3) is 4.37. The van der Waals surface area contributed by atoms with Gasteiger partial charge < -0.3 is 19.4 Å². The van der Waals surface area contributed by atoms with E-state index in [0.717, 1.165) is 90.0 Å². The molecule has 8 heteroatoms. The first-order chi connectivity index (χ1) is 28.7. The van der Waals surface area contributed by atoms with E-state index >= 15 is 0 Å². The minimum atomic E-state index is -0.205. The number of nitrogens with zero attached hydrogens (tertiary/aromatic N) is 5. The molecular weight excluding hydrogens is 708 g/mol. The predicted molar refractivity (Wildman–Crippen MR) is 237 cm³/mol. The summed E-state index contributed by atoms with van der Waals surface area (Å²) in [5, 5.41) is 10.6. The quantitative estimate of drug-likeness (QED) is 0.134. The predicted octanol–water partition coefficient (Wildman–Crippen LogP) is 8.60. The van der Waals surface area contributed by atoms with Crippen molar-refractivity contribution in [3.8, 4) is 17.6 Å². The monoisotopic (exact) mass is 737 g/mol. The number of hydrogen-bond acceptors (Lipinski definition) is 5. The molecular formula is C50H29B2N5O. The number of rotatable bonds is 3. The summed E-state index contributed by atoms with van der Waals surface area (Å²) in [6.45, 7) is 8.09. The van der Waals surface area contributed by atoms with E-state index in [9.17, 15) is 5.26 Å². The molecule has 4 aliphatic rings. The molecule has 266 valence electrons. The van der Waals surface area contributed by atoms with Crippen LogP contribution < -0.4 is 52.2 Å². The third-order valence-corrected chi connectivity index (χ3v) is 12.1. The lowest BCUT2D eigenvalue weighted by Gasteiger charge is -2.45. The number of ether oxygens (including phenoxy) is 1. The van der Waals surface area contributed by atoms with Gasteiger partial charge in [-0.25, -0.2) is 4.85 Å². The van der Waals surface area contributed by atoms with Crippen molar-refractivity contribution >= 4 is 103 Å². The molecule has 8 aromatic rings. The average Bonchev–Trinajstić information content (AvgIpc) is 3.29. The zero-order valence-electron chi connectivity index (χ0n) is 31.0. The zero-order valence-corrected chi connectivity index (χ0v) is 31.0. The van der Waals surface area contributed by atoms with Gasteiger partial charge in [-0.15, -0.1) is 0 Å². The highest BCUT2D eigenvalue weighted by Crippen LogP contribution is 2.49. The molecule has 12 rings (SSSR count). The van der Waals surface area contributed by atoms with E-state index in [-0.39, 0.29) is 13.4 Å². The molecule has 0 unspecified atom stereocenters. The van der Waals surface area contributed by atoms with Gasteiger partial charge in [-0.2, -0.15) is 5.26 Å². The Labute approximate surface area is 337 Å². The average molecular weight is 737 g/mol. The number of anilines is 9. The first-order valence-electron chi connectivity index (χ1n) is 19.4. The van der Waals surface area contributed by atoms with Gasteiger partial charge in [0.2, 0.25) is 12.4 Å². The van der Waals surface area contributed by atoms with Crippen LogP contribution in [0.3, 0.4) is 0 Å². The molecule has 4 aliphatic heterocycles. The Morgan fingerprint density at radius 3 is 1.62 bits per heavy atom. The second-order valence-electron chi connectivity index (χ2n) is 15.0. The largest absolute Gasteiger partial charge is 0.458 e. The molecule has 0 fully saturated rings. The Bertz CT molecular complexity index is 3110. The maximum absolute atomic E-state index is 10.6. The highest BCUT2D eigenvalue weighted by molar-refractivity contribution is 7.02. The SMILES string of the molecule is [C-]#[N+]c1ccc2c3c1N(c1ccccc1)c1ccccc1B3c1cc3c(cc1N2c1ccccc1)Oc1ccc(C#N)c2c1B3c1ccccc1N2c1ccccc1. The maximum Gasteiger partial charge on any atom is 0.256 e. The van der Waals surface area contributed by atoms with Gasteiger partial charge in [-0.3, -0.25) is 0 Å². The van der Waals surface area contributed by atoms with Gasteiger partial charge in [0.15, 0.2) is 0 Å². The molecule has 58 heavy (non-hydrogen) atoms. The summed E-state index contributed by atoms with van der Waals surface area (Å²) < 4.78 is 7.04. The van der Waals surface area contributed by atoms with Crippen molar-refractivity contribution in [1.29, 1.82) is 5.26 Å². The maximum atomic E-state index is 10.6. The van der Waals surface area contributed by atoms with E-state index in [0.29, 0.717) is 11.3 Å². The second-order valence-corrected chi connectivity index (χ2v) is 15.0. The van der Waals surface area contributed by atoms with Crippen LogP contribution in [0.5, 0.6) is 11.5 Å². The molecule has 0 saturated carbocycles. The topological polar surface area (TPSA) is 47.1 Å². The van der Waals surface area contributed by atoms with Gasteiger partial charge >= 0.3 is 0 Å². The smallest absolute Gasteiger partial charge is 0.256 e.